The smallest absolute Gasteiger partial charge is 0.327 e. The minimum absolute atomic E-state index is 0.197. The zero-order valence-electron chi connectivity index (χ0n) is 12.2. The molecule has 0 spiro atoms. The fraction of sp³-hybridized carbons (Fsp3) is 0.562. The van der Waals surface area contributed by atoms with Crippen LogP contribution in [0.25, 0.3) is 0 Å². The van der Waals surface area contributed by atoms with Crippen molar-refractivity contribution in [3.63, 3.8) is 0 Å². The Morgan fingerprint density at radius 3 is 2.53 bits per heavy atom. The predicted molar refractivity (Wildman–Crippen MR) is 77.9 cm³/mol. The Morgan fingerprint density at radius 1 is 1.26 bits per heavy atom. The average Bonchev–Trinajstić information content (AvgIpc) is 2.43. The molecule has 1 rings (SSSR count). The third kappa shape index (κ3) is 5.43. The first-order chi connectivity index (χ1) is 9.19. The minimum atomic E-state index is -0.368. The third-order valence-corrected chi connectivity index (χ3v) is 3.10. The fourth-order valence-electron chi connectivity index (χ4n) is 2.05. The number of nitrogens with one attached hydrogen (secondary N) is 1. The van der Waals surface area contributed by atoms with E-state index in [4.69, 9.17) is 4.74 Å². The summed E-state index contributed by atoms with van der Waals surface area (Å²) in [6.07, 6.45) is 3.40. The van der Waals surface area contributed by atoms with Gasteiger partial charge in [-0.1, -0.05) is 50.1 Å². The van der Waals surface area contributed by atoms with E-state index in [2.05, 4.69) is 19.2 Å². The highest BCUT2D eigenvalue weighted by atomic mass is 16.5. The van der Waals surface area contributed by atoms with E-state index in [0.29, 0.717) is 12.6 Å². The van der Waals surface area contributed by atoms with E-state index in [0.717, 1.165) is 12.0 Å². The van der Waals surface area contributed by atoms with Crippen LogP contribution in [0.15, 0.2) is 30.3 Å². The topological polar surface area (TPSA) is 38.3 Å². The molecule has 0 aliphatic rings. The Bertz CT molecular complexity index is 364. The second-order valence-electron chi connectivity index (χ2n) is 4.81. The molecule has 0 heterocycles. The molecule has 0 amide bonds. The molecule has 1 aromatic rings. The molecule has 0 aromatic heterocycles. The second kappa shape index (κ2) is 8.70. The Hall–Kier alpha value is -1.35. The number of hydrogen-bond donors (Lipinski definition) is 1. The zero-order valence-corrected chi connectivity index (χ0v) is 12.2. The Kier molecular flexibility index (Phi) is 7.19. The molecule has 1 aromatic carbocycles. The lowest BCUT2D eigenvalue weighted by Gasteiger charge is -2.22. The van der Waals surface area contributed by atoms with E-state index >= 15 is 0 Å². The van der Waals surface area contributed by atoms with Crippen molar-refractivity contribution in [3.8, 4) is 0 Å². The Labute approximate surface area is 116 Å². The minimum Gasteiger partial charge on any atom is -0.465 e. The lowest BCUT2D eigenvalue weighted by molar-refractivity contribution is -0.146. The van der Waals surface area contributed by atoms with Crippen molar-refractivity contribution in [2.75, 3.05) is 6.61 Å². The summed E-state index contributed by atoms with van der Waals surface area (Å²) in [5.41, 5.74) is 0.962. The van der Waals surface area contributed by atoms with Crippen LogP contribution >= 0.6 is 0 Å². The molecule has 19 heavy (non-hydrogen) atoms. The number of benzene rings is 1. The van der Waals surface area contributed by atoms with E-state index in [9.17, 15) is 4.79 Å². The lowest BCUT2D eigenvalue weighted by atomic mass is 10.0. The monoisotopic (exact) mass is 263 g/mol. The van der Waals surface area contributed by atoms with E-state index in [-0.39, 0.29) is 12.0 Å². The van der Waals surface area contributed by atoms with Crippen LogP contribution in [0.5, 0.6) is 0 Å². The first kappa shape index (κ1) is 15.7. The maximum Gasteiger partial charge on any atom is 0.327 e. The zero-order chi connectivity index (χ0) is 14.1. The second-order valence-corrected chi connectivity index (χ2v) is 4.81. The summed E-state index contributed by atoms with van der Waals surface area (Å²) in [5, 5.41) is 3.38. The van der Waals surface area contributed by atoms with Crippen LogP contribution in [0.3, 0.4) is 0 Å². The summed E-state index contributed by atoms with van der Waals surface area (Å²) < 4.78 is 5.16. The highest BCUT2D eigenvalue weighted by Gasteiger charge is 2.23. The van der Waals surface area contributed by atoms with Crippen molar-refractivity contribution in [1.29, 1.82) is 0 Å². The van der Waals surface area contributed by atoms with Crippen molar-refractivity contribution < 1.29 is 9.53 Å². The molecule has 1 N–H and O–H groups in total. The first-order valence-electron chi connectivity index (χ1n) is 7.16. The summed E-state index contributed by atoms with van der Waals surface area (Å²) in [5.74, 6) is -0.197. The van der Waals surface area contributed by atoms with Gasteiger partial charge in [-0.25, -0.2) is 4.79 Å². The SMILES string of the molecule is CCCCC(C)NC(C(=O)OCC)c1ccccc1. The molecule has 2 atom stereocenters. The van der Waals surface area contributed by atoms with E-state index in [1.165, 1.54) is 12.8 Å². The standard InChI is InChI=1S/C16H25NO2/c1-4-6-10-13(3)17-15(16(18)19-5-2)14-11-8-7-9-12-14/h7-9,11-13,15,17H,4-6,10H2,1-3H3. The van der Waals surface area contributed by atoms with Crippen LogP contribution in [-0.4, -0.2) is 18.6 Å². The maximum atomic E-state index is 12.1. The quantitative estimate of drug-likeness (QED) is 0.730. The maximum absolute atomic E-state index is 12.1. The van der Waals surface area contributed by atoms with E-state index in [1.807, 2.05) is 37.3 Å². The molecular formula is C16H25NO2. The van der Waals surface area contributed by atoms with Gasteiger partial charge in [-0.2, -0.15) is 0 Å². The van der Waals surface area contributed by atoms with Crippen LogP contribution in [-0.2, 0) is 9.53 Å². The van der Waals surface area contributed by atoms with Gasteiger partial charge < -0.3 is 4.74 Å². The van der Waals surface area contributed by atoms with Gasteiger partial charge in [-0.3, -0.25) is 5.32 Å². The number of rotatable bonds is 8. The van der Waals surface area contributed by atoms with Crippen molar-refractivity contribution in [2.24, 2.45) is 0 Å². The lowest BCUT2D eigenvalue weighted by Crippen LogP contribution is -2.36. The van der Waals surface area contributed by atoms with Gasteiger partial charge >= 0.3 is 5.97 Å². The van der Waals surface area contributed by atoms with Gasteiger partial charge in [0.25, 0.3) is 0 Å². The summed E-state index contributed by atoms with van der Waals surface area (Å²) in [6, 6.07) is 9.69. The highest BCUT2D eigenvalue weighted by molar-refractivity contribution is 5.77. The van der Waals surface area contributed by atoms with Crippen LogP contribution in [0.1, 0.15) is 51.6 Å². The number of hydrogen-bond acceptors (Lipinski definition) is 3. The normalized spacial score (nSPS) is 13.8. The van der Waals surface area contributed by atoms with Crippen molar-refractivity contribution in [1.82, 2.24) is 5.32 Å². The van der Waals surface area contributed by atoms with Gasteiger partial charge in [0.1, 0.15) is 6.04 Å². The Morgan fingerprint density at radius 2 is 1.95 bits per heavy atom. The fourth-order valence-corrected chi connectivity index (χ4v) is 2.05. The van der Waals surface area contributed by atoms with Crippen molar-refractivity contribution in [2.45, 2.75) is 52.1 Å². The first-order valence-corrected chi connectivity index (χ1v) is 7.16. The number of ether oxygens (including phenoxy) is 1. The van der Waals surface area contributed by atoms with Crippen LogP contribution < -0.4 is 5.32 Å². The van der Waals surface area contributed by atoms with E-state index < -0.39 is 0 Å². The molecule has 3 nitrogen and oxygen atoms in total. The van der Waals surface area contributed by atoms with Gasteiger partial charge in [0.15, 0.2) is 0 Å². The largest absolute Gasteiger partial charge is 0.465 e. The summed E-state index contributed by atoms with van der Waals surface area (Å²) in [4.78, 5) is 12.1. The molecule has 106 valence electrons. The average molecular weight is 263 g/mol. The summed E-state index contributed by atoms with van der Waals surface area (Å²) in [6.45, 7) is 6.53. The molecule has 2 unspecified atom stereocenters. The van der Waals surface area contributed by atoms with Crippen LogP contribution in [0, 0.1) is 0 Å². The summed E-state index contributed by atoms with van der Waals surface area (Å²) >= 11 is 0. The third-order valence-electron chi connectivity index (χ3n) is 3.10. The highest BCUT2D eigenvalue weighted by Crippen LogP contribution is 2.16. The van der Waals surface area contributed by atoms with Gasteiger partial charge in [0, 0.05) is 6.04 Å². The molecule has 3 heteroatoms. The van der Waals surface area contributed by atoms with Gasteiger partial charge in [-0.15, -0.1) is 0 Å². The molecule has 0 fully saturated rings. The molecule has 0 radical (unpaired) electrons. The van der Waals surface area contributed by atoms with Crippen LogP contribution in [0.4, 0.5) is 0 Å². The number of unbranched alkanes of at least 4 members (excludes halogenated alkanes) is 1. The molecular weight excluding hydrogens is 238 g/mol. The van der Waals surface area contributed by atoms with Crippen LogP contribution in [0.2, 0.25) is 0 Å². The van der Waals surface area contributed by atoms with Crippen molar-refractivity contribution >= 4 is 5.97 Å². The molecule has 0 saturated carbocycles. The van der Waals surface area contributed by atoms with Gasteiger partial charge in [0.2, 0.25) is 0 Å². The Balaban J connectivity index is 2.73. The van der Waals surface area contributed by atoms with Crippen molar-refractivity contribution in [3.05, 3.63) is 35.9 Å². The molecule has 0 aliphatic heterocycles. The molecule has 0 saturated heterocycles. The van der Waals surface area contributed by atoms with Gasteiger partial charge in [0.05, 0.1) is 6.61 Å². The molecule has 0 aliphatic carbocycles. The van der Waals surface area contributed by atoms with Gasteiger partial charge in [-0.05, 0) is 25.8 Å². The predicted octanol–water partition coefficient (Wildman–Crippen LogP) is 3.46. The summed E-state index contributed by atoms with van der Waals surface area (Å²) in [7, 11) is 0. The number of esters is 1. The molecule has 0 bridgehead atoms. The number of carbonyl (C=O) groups excluding carboxylic acids is 1. The number of carbonyl (C=O) groups is 1. The van der Waals surface area contributed by atoms with E-state index in [1.54, 1.807) is 0 Å².